The number of carbonyl (C=O) groups is 1. The van der Waals surface area contributed by atoms with Crippen LogP contribution < -0.4 is 5.32 Å². The number of hydrogen-bond acceptors (Lipinski definition) is 3. The smallest absolute Gasteiger partial charge is 0.314 e. The van der Waals surface area contributed by atoms with Gasteiger partial charge in [0, 0.05) is 13.1 Å². The summed E-state index contributed by atoms with van der Waals surface area (Å²) in [7, 11) is 0. The van der Waals surface area contributed by atoms with Crippen LogP contribution >= 0.6 is 0 Å². The normalized spacial score (nSPS) is 12.1. The average Bonchev–Trinajstić information content (AvgIpc) is 2.52. The van der Waals surface area contributed by atoms with Gasteiger partial charge in [-0.1, -0.05) is 60.7 Å². The zero-order valence-electron chi connectivity index (χ0n) is 13.2. The fourth-order valence-corrected chi connectivity index (χ4v) is 2.29. The van der Waals surface area contributed by atoms with Gasteiger partial charge in [0.1, 0.15) is 0 Å². The van der Waals surface area contributed by atoms with E-state index in [1.807, 2.05) is 62.4 Å². The van der Waals surface area contributed by atoms with Gasteiger partial charge in [-0.3, -0.25) is 4.79 Å². The molecule has 0 aliphatic heterocycles. The van der Waals surface area contributed by atoms with Crippen LogP contribution in [0.4, 0.5) is 0 Å². The van der Waals surface area contributed by atoms with Gasteiger partial charge in [0.15, 0.2) is 0 Å². The minimum Gasteiger partial charge on any atom is -0.462 e. The largest absolute Gasteiger partial charge is 0.462 e. The van der Waals surface area contributed by atoms with Crippen molar-refractivity contribution in [1.82, 2.24) is 5.32 Å². The van der Waals surface area contributed by atoms with Crippen molar-refractivity contribution in [3.8, 4) is 0 Å². The number of hydrogen-bond donors (Lipinski definition) is 1. The lowest BCUT2D eigenvalue weighted by atomic mass is 9.99. The van der Waals surface area contributed by atoms with Gasteiger partial charge in [-0.15, -0.1) is 0 Å². The molecule has 0 bridgehead atoms. The van der Waals surface area contributed by atoms with Crippen LogP contribution in [0.2, 0.25) is 0 Å². The predicted octanol–water partition coefficient (Wildman–Crippen LogP) is 3.51. The molecule has 0 aliphatic rings. The van der Waals surface area contributed by atoms with Crippen LogP contribution in [0.1, 0.15) is 30.9 Å². The molecule has 116 valence electrons. The Labute approximate surface area is 132 Å². The summed E-state index contributed by atoms with van der Waals surface area (Å²) in [6.07, 6.45) is -0.104. The molecule has 0 heterocycles. The molecule has 1 N–H and O–H groups in total. The molecule has 1 unspecified atom stereocenters. The SMILES string of the molecule is CC(C)OC(=O)C(CNCc1ccccc1)c1ccccc1. The Balaban J connectivity index is 2.00. The molecule has 22 heavy (non-hydrogen) atoms. The number of nitrogens with one attached hydrogen (secondary N) is 1. The number of carbonyl (C=O) groups excluding carboxylic acids is 1. The third kappa shape index (κ3) is 5.01. The first-order valence-electron chi connectivity index (χ1n) is 7.67. The summed E-state index contributed by atoms with van der Waals surface area (Å²) >= 11 is 0. The summed E-state index contributed by atoms with van der Waals surface area (Å²) in [5.74, 6) is -0.464. The highest BCUT2D eigenvalue weighted by molar-refractivity contribution is 5.78. The summed E-state index contributed by atoms with van der Waals surface area (Å²) in [5, 5.41) is 3.35. The van der Waals surface area contributed by atoms with E-state index in [0.29, 0.717) is 6.54 Å². The first kappa shape index (κ1) is 16.2. The molecule has 0 saturated carbocycles. The summed E-state index contributed by atoms with van der Waals surface area (Å²) in [4.78, 5) is 12.3. The maximum Gasteiger partial charge on any atom is 0.314 e. The number of benzene rings is 2. The first-order chi connectivity index (χ1) is 10.7. The molecule has 0 spiro atoms. The molecular weight excluding hydrogens is 274 g/mol. The molecule has 2 aromatic rings. The van der Waals surface area contributed by atoms with Crippen molar-refractivity contribution in [3.05, 3.63) is 71.8 Å². The van der Waals surface area contributed by atoms with Crippen molar-refractivity contribution < 1.29 is 9.53 Å². The first-order valence-corrected chi connectivity index (χ1v) is 7.67. The van der Waals surface area contributed by atoms with Crippen LogP contribution in [0.3, 0.4) is 0 Å². The molecule has 0 radical (unpaired) electrons. The van der Waals surface area contributed by atoms with Crippen LogP contribution in [-0.2, 0) is 16.1 Å². The highest BCUT2D eigenvalue weighted by atomic mass is 16.5. The maximum atomic E-state index is 12.3. The van der Waals surface area contributed by atoms with Crippen LogP contribution in [0, 0.1) is 0 Å². The van der Waals surface area contributed by atoms with E-state index in [0.717, 1.165) is 12.1 Å². The molecule has 3 heteroatoms. The third-order valence-corrected chi connectivity index (χ3v) is 3.36. The Morgan fingerprint density at radius 1 is 1.00 bits per heavy atom. The van der Waals surface area contributed by atoms with Crippen molar-refractivity contribution in [3.63, 3.8) is 0 Å². The van der Waals surface area contributed by atoms with Crippen LogP contribution in [0.5, 0.6) is 0 Å². The van der Waals surface area contributed by atoms with Crippen LogP contribution in [-0.4, -0.2) is 18.6 Å². The van der Waals surface area contributed by atoms with Gasteiger partial charge in [0.25, 0.3) is 0 Å². The monoisotopic (exact) mass is 297 g/mol. The second kappa shape index (κ2) is 8.35. The minimum atomic E-state index is -0.285. The lowest BCUT2D eigenvalue weighted by Gasteiger charge is -2.19. The minimum absolute atomic E-state index is 0.104. The molecule has 0 fully saturated rings. The zero-order chi connectivity index (χ0) is 15.8. The van der Waals surface area contributed by atoms with Crippen molar-refractivity contribution in [2.75, 3.05) is 6.54 Å². The molecule has 0 aromatic heterocycles. The Kier molecular flexibility index (Phi) is 6.16. The third-order valence-electron chi connectivity index (χ3n) is 3.36. The Bertz CT molecular complexity index is 567. The maximum absolute atomic E-state index is 12.3. The zero-order valence-corrected chi connectivity index (χ0v) is 13.2. The van der Waals surface area contributed by atoms with Crippen molar-refractivity contribution in [1.29, 1.82) is 0 Å². The predicted molar refractivity (Wildman–Crippen MR) is 88.6 cm³/mol. The molecular formula is C19H23NO2. The van der Waals surface area contributed by atoms with E-state index in [1.165, 1.54) is 5.56 Å². The van der Waals surface area contributed by atoms with Gasteiger partial charge >= 0.3 is 5.97 Å². The molecule has 3 nitrogen and oxygen atoms in total. The second-order valence-electron chi connectivity index (χ2n) is 5.57. The Hall–Kier alpha value is -2.13. The van der Waals surface area contributed by atoms with E-state index in [9.17, 15) is 4.79 Å². The lowest BCUT2D eigenvalue weighted by molar-refractivity contribution is -0.149. The molecule has 2 aromatic carbocycles. The summed E-state index contributed by atoms with van der Waals surface area (Å²) in [6, 6.07) is 19.9. The van der Waals surface area contributed by atoms with E-state index >= 15 is 0 Å². The van der Waals surface area contributed by atoms with Gasteiger partial charge in [0.2, 0.25) is 0 Å². The highest BCUT2D eigenvalue weighted by Crippen LogP contribution is 2.17. The summed E-state index contributed by atoms with van der Waals surface area (Å²) in [6.45, 7) is 5.04. The van der Waals surface area contributed by atoms with Gasteiger partial charge < -0.3 is 10.1 Å². The molecule has 0 saturated heterocycles. The quantitative estimate of drug-likeness (QED) is 0.795. The Morgan fingerprint density at radius 2 is 1.59 bits per heavy atom. The summed E-state index contributed by atoms with van der Waals surface area (Å²) < 4.78 is 5.39. The highest BCUT2D eigenvalue weighted by Gasteiger charge is 2.22. The van der Waals surface area contributed by atoms with Crippen molar-refractivity contribution in [2.24, 2.45) is 0 Å². The molecule has 0 aliphatic carbocycles. The number of rotatable bonds is 7. The fraction of sp³-hybridized carbons (Fsp3) is 0.316. The fourth-order valence-electron chi connectivity index (χ4n) is 2.29. The topological polar surface area (TPSA) is 38.3 Å². The van der Waals surface area contributed by atoms with E-state index in [1.54, 1.807) is 0 Å². The van der Waals surface area contributed by atoms with E-state index in [4.69, 9.17) is 4.74 Å². The van der Waals surface area contributed by atoms with Gasteiger partial charge in [-0.05, 0) is 25.0 Å². The van der Waals surface area contributed by atoms with E-state index in [2.05, 4.69) is 17.4 Å². The van der Waals surface area contributed by atoms with Crippen molar-refractivity contribution in [2.45, 2.75) is 32.4 Å². The Morgan fingerprint density at radius 3 is 2.18 bits per heavy atom. The standard InChI is InChI=1S/C19H23NO2/c1-15(2)22-19(21)18(17-11-7-4-8-12-17)14-20-13-16-9-5-3-6-10-16/h3-12,15,18,20H,13-14H2,1-2H3. The molecule has 1 atom stereocenters. The van der Waals surface area contributed by atoms with Crippen LogP contribution in [0.15, 0.2) is 60.7 Å². The molecule has 2 rings (SSSR count). The number of esters is 1. The van der Waals surface area contributed by atoms with Crippen LogP contribution in [0.25, 0.3) is 0 Å². The average molecular weight is 297 g/mol. The van der Waals surface area contributed by atoms with Crippen molar-refractivity contribution >= 4 is 5.97 Å². The second-order valence-corrected chi connectivity index (χ2v) is 5.57. The van der Waals surface area contributed by atoms with E-state index in [-0.39, 0.29) is 18.0 Å². The van der Waals surface area contributed by atoms with Gasteiger partial charge in [-0.25, -0.2) is 0 Å². The molecule has 0 amide bonds. The summed E-state index contributed by atoms with van der Waals surface area (Å²) in [5.41, 5.74) is 2.18. The lowest BCUT2D eigenvalue weighted by Crippen LogP contribution is -2.29. The van der Waals surface area contributed by atoms with Gasteiger partial charge in [0.05, 0.1) is 12.0 Å². The van der Waals surface area contributed by atoms with Gasteiger partial charge in [-0.2, -0.15) is 0 Å². The van der Waals surface area contributed by atoms with E-state index < -0.39 is 0 Å². The number of ether oxygens (including phenoxy) is 1.